The Morgan fingerprint density at radius 3 is 2.04 bits per heavy atom. The first kappa shape index (κ1) is 37.5. The second-order valence-electron chi connectivity index (χ2n) is 14.2. The van der Waals surface area contributed by atoms with Crippen LogP contribution in [0.15, 0.2) is 24.3 Å². The van der Waals surface area contributed by atoms with E-state index in [9.17, 15) is 29.4 Å². The molecule has 2 aromatic rings. The summed E-state index contributed by atoms with van der Waals surface area (Å²) in [6, 6.07) is 7.47. The molecule has 1 saturated heterocycles. The summed E-state index contributed by atoms with van der Waals surface area (Å²) in [5.74, 6) is -0.0760. The van der Waals surface area contributed by atoms with Crippen LogP contribution in [-0.2, 0) is 29.0 Å². The summed E-state index contributed by atoms with van der Waals surface area (Å²) in [5, 5.41) is 26.8. The van der Waals surface area contributed by atoms with E-state index in [1.54, 1.807) is 60.5 Å². The van der Waals surface area contributed by atoms with Gasteiger partial charge in [-0.2, -0.15) is 0 Å². The Kier molecular flexibility index (Phi) is 12.2. The number of likely N-dealkylation sites (tertiary alicyclic amines) is 1. The Balaban J connectivity index is 1.80. The zero-order valence-electron chi connectivity index (χ0n) is 29.1. The molecule has 3 rings (SSSR count). The highest BCUT2D eigenvalue weighted by Crippen LogP contribution is 2.30. The Hall–Kier alpha value is -3.91. The number of benzene rings is 1. The molecule has 2 heterocycles. The van der Waals surface area contributed by atoms with Gasteiger partial charge in [-0.3, -0.25) is 24.3 Å². The van der Waals surface area contributed by atoms with Gasteiger partial charge < -0.3 is 25.7 Å². The third-order valence-electron chi connectivity index (χ3n) is 7.97. The lowest BCUT2D eigenvalue weighted by Crippen LogP contribution is -2.66. The largest absolute Gasteiger partial charge is 0.465 e. The highest BCUT2D eigenvalue weighted by atomic mass is 32.1. The number of piperidine rings is 1. The predicted octanol–water partition coefficient (Wildman–Crippen LogP) is 5.44. The van der Waals surface area contributed by atoms with Crippen LogP contribution in [0.1, 0.15) is 77.4 Å². The summed E-state index contributed by atoms with van der Waals surface area (Å²) >= 11 is 1.46. The molecule has 13 nitrogen and oxygen atoms in total. The van der Waals surface area contributed by atoms with Gasteiger partial charge in [-0.1, -0.05) is 12.1 Å². The van der Waals surface area contributed by atoms with Crippen LogP contribution in [0.3, 0.4) is 0 Å². The number of aromatic nitrogens is 1. The number of carbonyl (C=O) groups is 4. The minimum atomic E-state index is -1.25. The van der Waals surface area contributed by atoms with Crippen molar-refractivity contribution in [1.29, 1.82) is 0 Å². The van der Waals surface area contributed by atoms with E-state index in [0.29, 0.717) is 36.8 Å². The normalized spacial score (nSPS) is 15.7. The van der Waals surface area contributed by atoms with Gasteiger partial charge in [-0.05, 0) is 91.5 Å². The number of hydrogen-bond acceptors (Lipinski definition) is 8. The van der Waals surface area contributed by atoms with E-state index in [1.165, 1.54) is 18.3 Å². The van der Waals surface area contributed by atoms with Crippen LogP contribution in [0.25, 0.3) is 0 Å². The molecule has 4 N–H and O–H groups in total. The molecule has 0 bridgehead atoms. The minimum Gasteiger partial charge on any atom is -0.465 e. The van der Waals surface area contributed by atoms with E-state index in [-0.39, 0.29) is 17.7 Å². The van der Waals surface area contributed by atoms with Gasteiger partial charge in [0.05, 0.1) is 11.6 Å². The first-order valence-electron chi connectivity index (χ1n) is 15.9. The number of hydrogen-bond donors (Lipinski definition) is 4. The summed E-state index contributed by atoms with van der Waals surface area (Å²) < 4.78 is 0. The average molecular weight is 674 g/mol. The number of amides is 4. The molecule has 1 fully saturated rings. The monoisotopic (exact) mass is 673 g/mol. The van der Waals surface area contributed by atoms with Crippen LogP contribution in [0, 0.1) is 5.92 Å². The second kappa shape index (κ2) is 15.3. The standard InChI is InChI=1S/C33H51N7O6S/c1-21(41)34-28-36-25(26(47-28)20-38-18-10-11-23(19-38)27(42)37(8)9)17-14-22-12-15-24(16-13-22)35-29(39(30(43)44)32(2,3)4)40(31(45)46)33(5,6)7/h12-13,15-16,23,29,35H,10-11,14,17-20H2,1-9H3,(H,43,44)(H,45,46)(H,34,36,41)/t23-/m1/s1. The molecule has 47 heavy (non-hydrogen) atoms. The van der Waals surface area contributed by atoms with Gasteiger partial charge in [0.25, 0.3) is 0 Å². The van der Waals surface area contributed by atoms with Crippen LogP contribution < -0.4 is 10.6 Å². The molecule has 1 atom stereocenters. The molecular weight excluding hydrogens is 622 g/mol. The van der Waals surface area contributed by atoms with E-state index < -0.39 is 29.6 Å². The number of nitrogens with zero attached hydrogens (tertiary/aromatic N) is 5. The molecule has 4 amide bonds. The van der Waals surface area contributed by atoms with Crippen LogP contribution in [-0.4, -0.2) is 103 Å². The van der Waals surface area contributed by atoms with E-state index in [4.69, 9.17) is 4.98 Å². The minimum absolute atomic E-state index is 0.0337. The molecule has 260 valence electrons. The van der Waals surface area contributed by atoms with Gasteiger partial charge in [0.15, 0.2) is 11.4 Å². The maximum atomic E-state index is 12.6. The van der Waals surface area contributed by atoms with Crippen LogP contribution >= 0.6 is 11.3 Å². The highest BCUT2D eigenvalue weighted by molar-refractivity contribution is 7.15. The molecule has 1 aliphatic heterocycles. The molecule has 0 radical (unpaired) electrons. The van der Waals surface area contributed by atoms with Gasteiger partial charge in [0, 0.05) is 55.8 Å². The summed E-state index contributed by atoms with van der Waals surface area (Å²) in [5.41, 5.74) is 0.672. The molecule has 1 aliphatic rings. The molecule has 0 unspecified atom stereocenters. The maximum absolute atomic E-state index is 12.6. The van der Waals surface area contributed by atoms with Crippen molar-refractivity contribution in [3.63, 3.8) is 0 Å². The molecule has 14 heteroatoms. The number of nitrogens with one attached hydrogen (secondary N) is 2. The zero-order valence-corrected chi connectivity index (χ0v) is 29.9. The topological polar surface area (TPSA) is 159 Å². The highest BCUT2D eigenvalue weighted by Gasteiger charge is 2.43. The summed E-state index contributed by atoms with van der Waals surface area (Å²) in [6.07, 6.45) is -0.577. The van der Waals surface area contributed by atoms with Crippen molar-refractivity contribution in [2.24, 2.45) is 5.92 Å². The number of aryl methyl sites for hydroxylation is 2. The van der Waals surface area contributed by atoms with Gasteiger partial charge in [-0.25, -0.2) is 14.6 Å². The Bertz CT molecular complexity index is 1380. The lowest BCUT2D eigenvalue weighted by atomic mass is 9.96. The third kappa shape index (κ3) is 10.3. The Morgan fingerprint density at radius 1 is 0.979 bits per heavy atom. The Labute approximate surface area is 281 Å². The SMILES string of the molecule is CC(=O)Nc1nc(CCc2ccc(NC(N(C(=O)O)C(C)(C)C)N(C(=O)O)C(C)(C)C)cc2)c(CN2CCC[C@@H](C(=O)N(C)C)C2)s1. The van der Waals surface area contributed by atoms with E-state index >= 15 is 0 Å². The predicted molar refractivity (Wildman–Crippen MR) is 184 cm³/mol. The second-order valence-corrected chi connectivity index (χ2v) is 15.3. The van der Waals surface area contributed by atoms with Crippen molar-refractivity contribution >= 4 is 46.2 Å². The van der Waals surface area contributed by atoms with Crippen LogP contribution in [0.4, 0.5) is 20.4 Å². The fourth-order valence-electron chi connectivity index (χ4n) is 5.82. The molecule has 0 aliphatic carbocycles. The number of rotatable bonds is 11. The van der Waals surface area contributed by atoms with Crippen molar-refractivity contribution in [3.8, 4) is 0 Å². The van der Waals surface area contributed by atoms with Gasteiger partial charge >= 0.3 is 12.2 Å². The molecule has 1 aromatic heterocycles. The van der Waals surface area contributed by atoms with E-state index in [1.807, 2.05) is 24.3 Å². The summed E-state index contributed by atoms with van der Waals surface area (Å²) in [6.45, 7) is 14.0. The quantitative estimate of drug-likeness (QED) is 0.228. The lowest BCUT2D eigenvalue weighted by molar-refractivity contribution is -0.134. The number of carbonyl (C=O) groups excluding carboxylic acids is 2. The zero-order chi connectivity index (χ0) is 35.3. The van der Waals surface area contributed by atoms with Crippen molar-refractivity contribution in [3.05, 3.63) is 40.4 Å². The molecule has 0 saturated carbocycles. The lowest BCUT2D eigenvalue weighted by Gasteiger charge is -2.48. The van der Waals surface area contributed by atoms with E-state index in [2.05, 4.69) is 15.5 Å². The van der Waals surface area contributed by atoms with Crippen molar-refractivity contribution in [2.75, 3.05) is 37.8 Å². The van der Waals surface area contributed by atoms with Gasteiger partial charge in [0.1, 0.15) is 0 Å². The maximum Gasteiger partial charge on any atom is 0.410 e. The average Bonchev–Trinajstić information content (AvgIpc) is 3.30. The number of carboxylic acid groups (broad SMARTS) is 2. The van der Waals surface area contributed by atoms with Gasteiger partial charge in [0.2, 0.25) is 11.8 Å². The number of anilines is 2. The summed E-state index contributed by atoms with van der Waals surface area (Å²) in [7, 11) is 3.58. The van der Waals surface area contributed by atoms with Crippen LogP contribution in [0.5, 0.6) is 0 Å². The molecular formula is C33H51N7O6S. The van der Waals surface area contributed by atoms with E-state index in [0.717, 1.165) is 45.3 Å². The Morgan fingerprint density at radius 2 is 1.55 bits per heavy atom. The first-order chi connectivity index (χ1) is 21.8. The molecule has 1 aromatic carbocycles. The fourth-order valence-corrected chi connectivity index (χ4v) is 6.91. The van der Waals surface area contributed by atoms with Crippen molar-refractivity contribution in [1.82, 2.24) is 24.6 Å². The van der Waals surface area contributed by atoms with Crippen molar-refractivity contribution in [2.45, 2.75) is 98.1 Å². The molecule has 0 spiro atoms. The number of thiazole rings is 1. The van der Waals surface area contributed by atoms with Crippen molar-refractivity contribution < 1.29 is 29.4 Å². The smallest absolute Gasteiger partial charge is 0.410 e. The fraction of sp³-hybridized carbons (Fsp3) is 0.606. The van der Waals surface area contributed by atoms with Crippen LogP contribution in [0.2, 0.25) is 0 Å². The first-order valence-corrected chi connectivity index (χ1v) is 16.7. The third-order valence-corrected chi connectivity index (χ3v) is 8.97. The summed E-state index contributed by atoms with van der Waals surface area (Å²) in [4.78, 5) is 61.2. The van der Waals surface area contributed by atoms with Gasteiger partial charge in [-0.15, -0.1) is 11.3 Å².